The fourth-order valence-corrected chi connectivity index (χ4v) is 2.69. The zero-order valence-electron chi connectivity index (χ0n) is 12.1. The molecule has 0 aliphatic carbocycles. The summed E-state index contributed by atoms with van der Waals surface area (Å²) >= 11 is 0.902. The Kier molecular flexibility index (Phi) is 5.19. The number of pyridine rings is 1. The predicted octanol–water partition coefficient (Wildman–Crippen LogP) is 0.900. The van der Waals surface area contributed by atoms with Crippen molar-refractivity contribution in [3.8, 4) is 0 Å². The van der Waals surface area contributed by atoms with Gasteiger partial charge in [-0.25, -0.2) is 4.79 Å². The maximum atomic E-state index is 12.0. The van der Waals surface area contributed by atoms with E-state index in [9.17, 15) is 24.6 Å². The number of benzene rings is 1. The normalized spacial score (nSPS) is 13.7. The highest BCUT2D eigenvalue weighted by atomic mass is 32.2. The molecular weight excluding hydrogens is 322 g/mol. The molecule has 1 heterocycles. The molecule has 4 N–H and O–H groups in total. The number of aromatic amines is 1. The number of aliphatic hydroxyl groups is 2. The van der Waals surface area contributed by atoms with Crippen LogP contribution in [-0.2, 0) is 4.79 Å². The van der Waals surface area contributed by atoms with Crippen molar-refractivity contribution >= 4 is 33.7 Å². The third kappa shape index (κ3) is 3.79. The Morgan fingerprint density at radius 2 is 2.00 bits per heavy atom. The first-order valence-corrected chi connectivity index (χ1v) is 7.68. The molecule has 0 saturated heterocycles. The van der Waals surface area contributed by atoms with Crippen molar-refractivity contribution in [2.45, 2.75) is 19.1 Å². The summed E-state index contributed by atoms with van der Waals surface area (Å²) in [6, 6.07) is 4.30. The van der Waals surface area contributed by atoms with Crippen molar-refractivity contribution in [3.63, 3.8) is 0 Å². The summed E-state index contributed by atoms with van der Waals surface area (Å²) < 4.78 is 0. The first kappa shape index (κ1) is 17.2. The van der Waals surface area contributed by atoms with Gasteiger partial charge in [0.25, 0.3) is 0 Å². The van der Waals surface area contributed by atoms with Crippen LogP contribution in [-0.4, -0.2) is 43.2 Å². The van der Waals surface area contributed by atoms with Crippen LogP contribution in [0.25, 0.3) is 10.9 Å². The molecule has 0 aliphatic rings. The van der Waals surface area contributed by atoms with Crippen LogP contribution in [0.2, 0.25) is 0 Å². The number of hydrogen-bond acceptors (Lipinski definition) is 6. The Bertz CT molecular complexity index is 815. The second kappa shape index (κ2) is 6.95. The smallest absolute Gasteiger partial charge is 0.341 e. The molecule has 2 rings (SSSR count). The molecule has 1 aromatic carbocycles. The lowest BCUT2D eigenvalue weighted by Gasteiger charge is -2.17. The number of carbonyl (C=O) groups excluding carboxylic acids is 1. The Morgan fingerprint density at radius 3 is 2.61 bits per heavy atom. The Hall–Kier alpha value is -2.16. The van der Waals surface area contributed by atoms with Gasteiger partial charge in [-0.15, -0.1) is 0 Å². The van der Waals surface area contributed by atoms with Crippen LogP contribution in [0.5, 0.6) is 0 Å². The van der Waals surface area contributed by atoms with E-state index in [1.54, 1.807) is 0 Å². The van der Waals surface area contributed by atoms with Crippen LogP contribution in [0.1, 0.15) is 28.9 Å². The van der Waals surface area contributed by atoms with E-state index >= 15 is 0 Å². The van der Waals surface area contributed by atoms with Gasteiger partial charge in [-0.2, -0.15) is 0 Å². The molecule has 7 nitrogen and oxygen atoms in total. The number of rotatable bonds is 5. The molecule has 0 fully saturated rings. The molecule has 8 heteroatoms. The third-order valence-corrected chi connectivity index (χ3v) is 4.21. The summed E-state index contributed by atoms with van der Waals surface area (Å²) in [4.78, 5) is 36.5. The van der Waals surface area contributed by atoms with Crippen molar-refractivity contribution in [1.82, 2.24) is 4.98 Å². The van der Waals surface area contributed by atoms with Crippen LogP contribution in [0.4, 0.5) is 0 Å². The van der Waals surface area contributed by atoms with Crippen LogP contribution in [0.15, 0.2) is 29.2 Å². The van der Waals surface area contributed by atoms with Gasteiger partial charge in [-0.05, 0) is 17.7 Å². The van der Waals surface area contributed by atoms with Gasteiger partial charge in [0.2, 0.25) is 5.43 Å². The maximum absolute atomic E-state index is 12.0. The number of H-pyrrole nitrogens is 1. The predicted molar refractivity (Wildman–Crippen MR) is 85.6 cm³/mol. The average Bonchev–Trinajstić information content (AvgIpc) is 2.51. The number of thioether (sulfide) groups is 1. The Balaban J connectivity index is 2.33. The second-order valence-electron chi connectivity index (χ2n) is 4.96. The lowest BCUT2D eigenvalue weighted by atomic mass is 10.0. The fraction of sp³-hybridized carbons (Fsp3) is 0.267. The van der Waals surface area contributed by atoms with Gasteiger partial charge in [0.15, 0.2) is 5.12 Å². The van der Waals surface area contributed by atoms with E-state index < -0.39 is 23.6 Å². The van der Waals surface area contributed by atoms with Crippen LogP contribution in [0, 0.1) is 0 Å². The molecule has 0 aliphatic heterocycles. The fourth-order valence-electron chi connectivity index (χ4n) is 2.10. The van der Waals surface area contributed by atoms with Crippen LogP contribution < -0.4 is 5.43 Å². The number of carbonyl (C=O) groups is 2. The van der Waals surface area contributed by atoms with E-state index in [4.69, 9.17) is 5.11 Å². The lowest BCUT2D eigenvalue weighted by molar-refractivity contribution is -0.109. The number of nitrogens with one attached hydrogen (secondary N) is 1. The van der Waals surface area contributed by atoms with E-state index in [0.29, 0.717) is 11.1 Å². The van der Waals surface area contributed by atoms with Gasteiger partial charge in [-0.1, -0.05) is 17.8 Å². The van der Waals surface area contributed by atoms with Gasteiger partial charge < -0.3 is 20.3 Å². The summed E-state index contributed by atoms with van der Waals surface area (Å²) in [7, 11) is 0. The zero-order valence-corrected chi connectivity index (χ0v) is 13.0. The number of carboxylic acid groups (broad SMARTS) is 1. The molecule has 0 amide bonds. The first-order chi connectivity index (χ1) is 10.8. The number of carboxylic acids is 1. The number of aromatic carboxylic acids is 1. The minimum absolute atomic E-state index is 0.0447. The van der Waals surface area contributed by atoms with Crippen molar-refractivity contribution in [3.05, 3.63) is 45.7 Å². The van der Waals surface area contributed by atoms with Crippen molar-refractivity contribution in [2.75, 3.05) is 5.75 Å². The number of aromatic nitrogens is 1. The molecular formula is C15H15NO6S. The molecule has 2 atom stereocenters. The Morgan fingerprint density at radius 1 is 1.30 bits per heavy atom. The van der Waals surface area contributed by atoms with Gasteiger partial charge in [0.1, 0.15) is 11.7 Å². The second-order valence-corrected chi connectivity index (χ2v) is 6.15. The molecule has 23 heavy (non-hydrogen) atoms. The van der Waals surface area contributed by atoms with Crippen LogP contribution >= 0.6 is 11.8 Å². The van der Waals surface area contributed by atoms with Crippen molar-refractivity contribution < 1.29 is 24.9 Å². The molecule has 2 aromatic rings. The minimum atomic E-state index is -1.33. The minimum Gasteiger partial charge on any atom is -0.477 e. The van der Waals surface area contributed by atoms with Crippen molar-refractivity contribution in [1.29, 1.82) is 0 Å². The standard InChI is InChI=1S/C15H15NO6S/c1-7(17)23-6-12(18)13(19)8-2-3-9-11(4-8)16-5-10(14(9)20)15(21)22/h2-5,12-13,18-19H,6H2,1H3,(H,16,20)(H,21,22). The summed E-state index contributed by atoms with van der Waals surface area (Å²) in [6.45, 7) is 1.37. The van der Waals surface area contributed by atoms with Crippen LogP contribution in [0.3, 0.4) is 0 Å². The number of fused-ring (bicyclic) bond motifs is 1. The van der Waals surface area contributed by atoms with Gasteiger partial charge in [0, 0.05) is 29.8 Å². The van der Waals surface area contributed by atoms with Gasteiger partial charge in [-0.3, -0.25) is 9.59 Å². The topological polar surface area (TPSA) is 128 Å². The molecule has 122 valence electrons. The van der Waals surface area contributed by atoms with Gasteiger partial charge in [0.05, 0.1) is 6.10 Å². The quantitative estimate of drug-likeness (QED) is 0.638. The highest BCUT2D eigenvalue weighted by Gasteiger charge is 2.20. The third-order valence-electron chi connectivity index (χ3n) is 3.30. The number of aliphatic hydroxyl groups excluding tert-OH is 2. The lowest BCUT2D eigenvalue weighted by Crippen LogP contribution is -2.21. The average molecular weight is 337 g/mol. The molecule has 0 spiro atoms. The maximum Gasteiger partial charge on any atom is 0.341 e. The highest BCUT2D eigenvalue weighted by Crippen LogP contribution is 2.22. The van der Waals surface area contributed by atoms with E-state index in [-0.39, 0.29) is 21.8 Å². The van der Waals surface area contributed by atoms with Gasteiger partial charge >= 0.3 is 5.97 Å². The molecule has 2 unspecified atom stereocenters. The largest absolute Gasteiger partial charge is 0.477 e. The molecule has 0 radical (unpaired) electrons. The molecule has 1 aromatic heterocycles. The summed E-state index contributed by atoms with van der Waals surface area (Å²) in [6.07, 6.45) is -1.29. The van der Waals surface area contributed by atoms with Crippen molar-refractivity contribution in [2.24, 2.45) is 0 Å². The zero-order chi connectivity index (χ0) is 17.1. The summed E-state index contributed by atoms with van der Waals surface area (Å²) in [5.74, 6) is -1.28. The number of hydrogen-bond donors (Lipinski definition) is 4. The summed E-state index contributed by atoms with van der Waals surface area (Å²) in [5.41, 5.74) is -0.292. The monoisotopic (exact) mass is 337 g/mol. The van der Waals surface area contributed by atoms with E-state index in [1.807, 2.05) is 0 Å². The Labute approximate surface area is 135 Å². The molecule has 0 saturated carbocycles. The van der Waals surface area contributed by atoms with E-state index in [2.05, 4.69) is 4.98 Å². The van der Waals surface area contributed by atoms with E-state index in [0.717, 1.165) is 18.0 Å². The molecule has 0 bridgehead atoms. The SMILES string of the molecule is CC(=O)SCC(O)C(O)c1ccc2c(=O)c(C(=O)O)c[nH]c2c1. The summed E-state index contributed by atoms with van der Waals surface area (Å²) in [5, 5.41) is 28.9. The highest BCUT2D eigenvalue weighted by molar-refractivity contribution is 8.13. The first-order valence-electron chi connectivity index (χ1n) is 6.69. The van der Waals surface area contributed by atoms with E-state index in [1.165, 1.54) is 25.1 Å².